The highest BCUT2D eigenvalue weighted by Crippen LogP contribution is 2.41. The highest BCUT2D eigenvalue weighted by molar-refractivity contribution is 6.46. The second kappa shape index (κ2) is 7.84. The third-order valence-corrected chi connectivity index (χ3v) is 4.81. The normalized spacial score (nSPS) is 18.6. The number of aliphatic hydroxyl groups is 1. The molecule has 6 heteroatoms. The molecule has 1 amide bonds. The molecule has 0 bridgehead atoms. The first-order chi connectivity index (χ1) is 13.4. The number of Topliss-reactive ketones (excluding diaryl/α,β-unsaturated/α-hetero) is 1. The number of aliphatic hydroxyl groups excluding tert-OH is 1. The van der Waals surface area contributed by atoms with Crippen LogP contribution in [-0.2, 0) is 9.59 Å². The van der Waals surface area contributed by atoms with E-state index >= 15 is 0 Å². The Balaban J connectivity index is 2.28. The van der Waals surface area contributed by atoms with Gasteiger partial charge in [-0.05, 0) is 31.5 Å². The van der Waals surface area contributed by atoms with Crippen molar-refractivity contribution in [3.05, 3.63) is 70.5 Å². The summed E-state index contributed by atoms with van der Waals surface area (Å²) < 4.78 is 19.9. The van der Waals surface area contributed by atoms with Crippen LogP contribution in [0.3, 0.4) is 0 Å². The number of halogens is 1. The lowest BCUT2D eigenvalue weighted by Gasteiger charge is -2.25. The summed E-state index contributed by atoms with van der Waals surface area (Å²) in [5, 5.41) is 11.0. The van der Waals surface area contributed by atoms with Crippen LogP contribution in [0.4, 0.5) is 4.39 Å². The summed E-state index contributed by atoms with van der Waals surface area (Å²) >= 11 is 0. The molecule has 0 saturated carbocycles. The lowest BCUT2D eigenvalue weighted by molar-refractivity contribution is -0.139. The maximum absolute atomic E-state index is 14.6. The molecule has 1 atom stereocenters. The van der Waals surface area contributed by atoms with E-state index in [9.17, 15) is 19.1 Å². The Bertz CT molecular complexity index is 967. The third kappa shape index (κ3) is 3.26. The van der Waals surface area contributed by atoms with Crippen molar-refractivity contribution in [1.82, 2.24) is 4.90 Å². The minimum atomic E-state index is -0.994. The molecule has 1 saturated heterocycles. The van der Waals surface area contributed by atoms with Crippen LogP contribution in [0, 0.1) is 12.7 Å². The van der Waals surface area contributed by atoms with Gasteiger partial charge in [0.05, 0.1) is 24.3 Å². The van der Waals surface area contributed by atoms with Crippen molar-refractivity contribution in [3.8, 4) is 5.75 Å². The molecule has 1 N–H and O–H groups in total. The average Bonchev–Trinajstić information content (AvgIpc) is 2.93. The predicted molar refractivity (Wildman–Crippen MR) is 103 cm³/mol. The molecule has 3 rings (SSSR count). The number of nitrogens with zero attached hydrogens (tertiary/aromatic N) is 1. The Labute approximate surface area is 163 Å². The number of hydrogen-bond acceptors (Lipinski definition) is 4. The highest BCUT2D eigenvalue weighted by Gasteiger charge is 2.46. The number of likely N-dealkylation sites (tertiary alicyclic amines) is 1. The number of hydrogen-bond donors (Lipinski definition) is 1. The molecule has 0 radical (unpaired) electrons. The van der Waals surface area contributed by atoms with Gasteiger partial charge in [-0.15, -0.1) is 0 Å². The average molecular weight is 383 g/mol. The van der Waals surface area contributed by atoms with Crippen molar-refractivity contribution in [3.63, 3.8) is 0 Å². The lowest BCUT2D eigenvalue weighted by Crippen LogP contribution is -2.30. The van der Waals surface area contributed by atoms with Crippen LogP contribution in [0.15, 0.2) is 48.0 Å². The van der Waals surface area contributed by atoms with Crippen molar-refractivity contribution < 1.29 is 23.8 Å². The van der Waals surface area contributed by atoms with Crippen LogP contribution in [-0.4, -0.2) is 35.4 Å². The topological polar surface area (TPSA) is 66.8 Å². The fraction of sp³-hybridized carbons (Fsp3) is 0.273. The van der Waals surface area contributed by atoms with Gasteiger partial charge < -0.3 is 14.7 Å². The first-order valence-electron chi connectivity index (χ1n) is 9.08. The molecule has 1 aliphatic heterocycles. The first kappa shape index (κ1) is 19.6. The quantitative estimate of drug-likeness (QED) is 0.482. The van der Waals surface area contributed by atoms with Gasteiger partial charge in [0.1, 0.15) is 17.3 Å². The Morgan fingerprint density at radius 2 is 1.93 bits per heavy atom. The minimum Gasteiger partial charge on any atom is -0.507 e. The fourth-order valence-corrected chi connectivity index (χ4v) is 3.52. The maximum atomic E-state index is 14.6. The van der Waals surface area contributed by atoms with E-state index in [0.717, 1.165) is 5.56 Å². The minimum absolute atomic E-state index is 0.132. The fourth-order valence-electron chi connectivity index (χ4n) is 3.52. The Morgan fingerprint density at radius 1 is 1.21 bits per heavy atom. The first-order valence-corrected chi connectivity index (χ1v) is 9.08. The molecule has 2 aromatic rings. The van der Waals surface area contributed by atoms with Gasteiger partial charge in [0.15, 0.2) is 0 Å². The third-order valence-electron chi connectivity index (χ3n) is 4.81. The molecule has 0 spiro atoms. The molecule has 1 fully saturated rings. The van der Waals surface area contributed by atoms with Gasteiger partial charge in [0.2, 0.25) is 0 Å². The Morgan fingerprint density at radius 3 is 2.57 bits per heavy atom. The number of benzene rings is 2. The summed E-state index contributed by atoms with van der Waals surface area (Å²) in [5.41, 5.74) is 1.17. The van der Waals surface area contributed by atoms with Crippen LogP contribution in [0.1, 0.15) is 36.1 Å². The molecule has 1 unspecified atom stereocenters. The highest BCUT2D eigenvalue weighted by atomic mass is 19.1. The molecular weight excluding hydrogens is 361 g/mol. The van der Waals surface area contributed by atoms with Gasteiger partial charge in [0.25, 0.3) is 11.7 Å². The van der Waals surface area contributed by atoms with Crippen molar-refractivity contribution >= 4 is 17.4 Å². The number of rotatable bonds is 5. The van der Waals surface area contributed by atoms with E-state index in [1.54, 1.807) is 24.3 Å². The molecule has 1 heterocycles. The number of ether oxygens (including phenoxy) is 1. The van der Waals surface area contributed by atoms with Gasteiger partial charge in [0, 0.05) is 12.1 Å². The number of aryl methyl sites for hydroxylation is 1. The molecule has 0 aliphatic carbocycles. The van der Waals surface area contributed by atoms with Gasteiger partial charge in [-0.1, -0.05) is 36.8 Å². The van der Waals surface area contributed by atoms with E-state index < -0.39 is 23.5 Å². The molecule has 2 aromatic carbocycles. The smallest absolute Gasteiger partial charge is 0.295 e. The summed E-state index contributed by atoms with van der Waals surface area (Å²) in [6.07, 6.45) is 0.589. The second-order valence-electron chi connectivity index (χ2n) is 6.72. The lowest BCUT2D eigenvalue weighted by atomic mass is 9.94. The SMILES string of the molecule is CCCN1C(=O)C(=O)/C(=C(/O)c2cc(C)ccc2OC)C1c1ccccc1F. The van der Waals surface area contributed by atoms with Crippen molar-refractivity contribution in [2.24, 2.45) is 0 Å². The molecule has 5 nitrogen and oxygen atoms in total. The zero-order valence-corrected chi connectivity index (χ0v) is 16.0. The number of carbonyl (C=O) groups excluding carboxylic acids is 2. The summed E-state index contributed by atoms with van der Waals surface area (Å²) in [4.78, 5) is 26.8. The second-order valence-corrected chi connectivity index (χ2v) is 6.72. The summed E-state index contributed by atoms with van der Waals surface area (Å²) in [5.74, 6) is -2.13. The molecule has 146 valence electrons. The van der Waals surface area contributed by atoms with E-state index in [0.29, 0.717) is 17.7 Å². The van der Waals surface area contributed by atoms with Crippen LogP contribution in [0.5, 0.6) is 5.75 Å². The van der Waals surface area contributed by atoms with E-state index in [2.05, 4.69) is 0 Å². The largest absolute Gasteiger partial charge is 0.507 e. The van der Waals surface area contributed by atoms with Crippen LogP contribution in [0.2, 0.25) is 0 Å². The summed E-state index contributed by atoms with van der Waals surface area (Å²) in [7, 11) is 1.45. The van der Waals surface area contributed by atoms with Crippen molar-refractivity contribution in [1.29, 1.82) is 0 Å². The standard InChI is InChI=1S/C22H22FNO4/c1-4-11-24-19(14-7-5-6-8-16(14)23)18(21(26)22(24)27)20(25)15-12-13(2)9-10-17(15)28-3/h5-10,12,19,25H,4,11H2,1-3H3/b20-18+. The van der Waals surface area contributed by atoms with Crippen LogP contribution < -0.4 is 4.74 Å². The van der Waals surface area contributed by atoms with Gasteiger partial charge in [-0.25, -0.2) is 4.39 Å². The van der Waals surface area contributed by atoms with Gasteiger partial charge in [-0.3, -0.25) is 9.59 Å². The molecule has 28 heavy (non-hydrogen) atoms. The monoisotopic (exact) mass is 383 g/mol. The predicted octanol–water partition coefficient (Wildman–Crippen LogP) is 3.97. The van der Waals surface area contributed by atoms with E-state index in [-0.39, 0.29) is 23.4 Å². The van der Waals surface area contributed by atoms with E-state index in [4.69, 9.17) is 4.74 Å². The Kier molecular flexibility index (Phi) is 5.49. The van der Waals surface area contributed by atoms with Crippen molar-refractivity contribution in [2.75, 3.05) is 13.7 Å². The van der Waals surface area contributed by atoms with E-state index in [1.165, 1.54) is 30.2 Å². The van der Waals surface area contributed by atoms with Crippen LogP contribution >= 0.6 is 0 Å². The Hall–Kier alpha value is -3.15. The van der Waals surface area contributed by atoms with Gasteiger partial charge in [-0.2, -0.15) is 0 Å². The maximum Gasteiger partial charge on any atom is 0.295 e. The molecule has 1 aliphatic rings. The zero-order chi connectivity index (χ0) is 20.4. The molecule has 0 aromatic heterocycles. The summed E-state index contributed by atoms with van der Waals surface area (Å²) in [6, 6.07) is 10.1. The number of ketones is 1. The van der Waals surface area contributed by atoms with Crippen molar-refractivity contribution in [2.45, 2.75) is 26.3 Å². The number of methoxy groups -OCH3 is 1. The van der Waals surface area contributed by atoms with Crippen LogP contribution in [0.25, 0.3) is 5.76 Å². The zero-order valence-electron chi connectivity index (χ0n) is 16.0. The summed E-state index contributed by atoms with van der Waals surface area (Å²) in [6.45, 7) is 3.97. The molecular formula is C22H22FNO4. The van der Waals surface area contributed by atoms with E-state index in [1.807, 2.05) is 13.8 Å². The number of carbonyl (C=O) groups is 2. The number of amides is 1. The van der Waals surface area contributed by atoms with Gasteiger partial charge >= 0.3 is 0 Å².